The number of likely N-dealkylation sites (tertiary alicyclic amines) is 1. The lowest BCUT2D eigenvalue weighted by atomic mass is 9.99. The van der Waals surface area contributed by atoms with E-state index in [0.29, 0.717) is 5.92 Å². The van der Waals surface area contributed by atoms with Crippen molar-refractivity contribution < 1.29 is 4.79 Å². The van der Waals surface area contributed by atoms with Gasteiger partial charge in [-0.2, -0.15) is 0 Å². The number of hydrogen-bond donors (Lipinski definition) is 0. The van der Waals surface area contributed by atoms with E-state index in [1.165, 1.54) is 6.42 Å². The fourth-order valence-corrected chi connectivity index (χ4v) is 3.99. The minimum Gasteiger partial charge on any atom is -0.353 e. The summed E-state index contributed by atoms with van der Waals surface area (Å²) in [5.74, 6) is 2.64. The van der Waals surface area contributed by atoms with E-state index >= 15 is 0 Å². The third-order valence-corrected chi connectivity index (χ3v) is 5.51. The molecule has 0 spiro atoms. The maximum absolute atomic E-state index is 12.9. The summed E-state index contributed by atoms with van der Waals surface area (Å²) in [6.07, 6.45) is 5.91. The van der Waals surface area contributed by atoms with E-state index in [1.807, 2.05) is 41.4 Å². The molecule has 27 heavy (non-hydrogen) atoms. The quantitative estimate of drug-likeness (QED) is 0.837. The lowest BCUT2D eigenvalue weighted by molar-refractivity contribution is 0.0683. The van der Waals surface area contributed by atoms with Crippen LogP contribution in [0.5, 0.6) is 0 Å². The van der Waals surface area contributed by atoms with Crippen LogP contribution in [0.3, 0.4) is 0 Å². The second-order valence-electron chi connectivity index (χ2n) is 7.56. The molecule has 6 heteroatoms. The highest BCUT2D eigenvalue weighted by molar-refractivity contribution is 5.95. The Morgan fingerprint density at radius 2 is 1.70 bits per heavy atom. The molecule has 4 rings (SSSR count). The van der Waals surface area contributed by atoms with Crippen molar-refractivity contribution in [3.8, 4) is 0 Å². The van der Waals surface area contributed by atoms with E-state index in [0.717, 1.165) is 62.9 Å². The van der Waals surface area contributed by atoms with Crippen LogP contribution in [0, 0.1) is 5.92 Å². The van der Waals surface area contributed by atoms with E-state index in [-0.39, 0.29) is 5.91 Å². The molecule has 0 aromatic carbocycles. The molecule has 0 bridgehead atoms. The molecule has 4 heterocycles. The summed E-state index contributed by atoms with van der Waals surface area (Å²) < 4.78 is 0. The lowest BCUT2D eigenvalue weighted by Gasteiger charge is -2.36. The minimum absolute atomic E-state index is 0.136. The zero-order valence-electron chi connectivity index (χ0n) is 15.9. The number of rotatable bonds is 3. The summed E-state index contributed by atoms with van der Waals surface area (Å²) in [5, 5.41) is 0. The Morgan fingerprint density at radius 1 is 0.963 bits per heavy atom. The van der Waals surface area contributed by atoms with Gasteiger partial charge in [0, 0.05) is 57.2 Å². The number of pyridine rings is 2. The van der Waals surface area contributed by atoms with Crippen LogP contribution in [0.2, 0.25) is 0 Å². The molecular formula is C21H27N5O. The van der Waals surface area contributed by atoms with Crippen molar-refractivity contribution in [2.45, 2.75) is 19.8 Å². The molecule has 1 amide bonds. The molecule has 2 aliphatic rings. The Morgan fingerprint density at radius 3 is 2.41 bits per heavy atom. The molecule has 2 aromatic rings. The Balaban J connectivity index is 1.42. The van der Waals surface area contributed by atoms with Crippen molar-refractivity contribution >= 4 is 17.5 Å². The first-order valence-electron chi connectivity index (χ1n) is 9.87. The molecule has 6 nitrogen and oxygen atoms in total. The number of carbonyl (C=O) groups excluding carboxylic acids is 1. The lowest BCUT2D eigenvalue weighted by Crippen LogP contribution is -2.47. The third kappa shape index (κ3) is 4.04. The standard InChI is InChI=1S/C21H27N5O/c1-17-5-4-10-26(16-17)21(27)18-7-9-23-20(15-18)25-13-11-24(12-14-25)19-6-2-3-8-22-19/h2-3,6-9,15,17H,4-5,10-14,16H2,1H3. The van der Waals surface area contributed by atoms with Gasteiger partial charge >= 0.3 is 0 Å². The zero-order chi connectivity index (χ0) is 18.6. The highest BCUT2D eigenvalue weighted by Gasteiger charge is 2.24. The smallest absolute Gasteiger partial charge is 0.254 e. The molecule has 142 valence electrons. The number of carbonyl (C=O) groups is 1. The van der Waals surface area contributed by atoms with Gasteiger partial charge in [-0.05, 0) is 43.0 Å². The van der Waals surface area contributed by atoms with E-state index < -0.39 is 0 Å². The summed E-state index contributed by atoms with van der Waals surface area (Å²) in [6, 6.07) is 9.81. The molecule has 2 saturated heterocycles. The molecule has 2 fully saturated rings. The number of aromatic nitrogens is 2. The maximum atomic E-state index is 12.9. The van der Waals surface area contributed by atoms with Crippen molar-refractivity contribution in [1.82, 2.24) is 14.9 Å². The number of amides is 1. The highest BCUT2D eigenvalue weighted by Crippen LogP contribution is 2.21. The van der Waals surface area contributed by atoms with Crippen LogP contribution in [0.4, 0.5) is 11.6 Å². The first kappa shape index (κ1) is 17.8. The average molecular weight is 365 g/mol. The summed E-state index contributed by atoms with van der Waals surface area (Å²) in [7, 11) is 0. The molecule has 0 N–H and O–H groups in total. The molecule has 0 aliphatic carbocycles. The van der Waals surface area contributed by atoms with Gasteiger partial charge in [0.1, 0.15) is 11.6 Å². The first-order chi connectivity index (χ1) is 13.2. The molecule has 2 aliphatic heterocycles. The van der Waals surface area contributed by atoms with Gasteiger partial charge in [-0.3, -0.25) is 4.79 Å². The third-order valence-electron chi connectivity index (χ3n) is 5.51. The number of anilines is 2. The van der Waals surface area contributed by atoms with Crippen molar-refractivity contribution in [3.05, 3.63) is 48.3 Å². The molecule has 0 saturated carbocycles. The summed E-state index contributed by atoms with van der Waals surface area (Å²) in [6.45, 7) is 7.51. The Hall–Kier alpha value is -2.63. The predicted octanol–water partition coefficient (Wildman–Crippen LogP) is 2.68. The maximum Gasteiger partial charge on any atom is 0.254 e. The van der Waals surface area contributed by atoms with Crippen LogP contribution < -0.4 is 9.80 Å². The number of piperidine rings is 1. The van der Waals surface area contributed by atoms with Gasteiger partial charge in [-0.15, -0.1) is 0 Å². The van der Waals surface area contributed by atoms with Gasteiger partial charge < -0.3 is 14.7 Å². The zero-order valence-corrected chi connectivity index (χ0v) is 15.9. The van der Waals surface area contributed by atoms with Crippen LogP contribution >= 0.6 is 0 Å². The number of piperazine rings is 1. The molecule has 1 unspecified atom stereocenters. The van der Waals surface area contributed by atoms with Crippen molar-refractivity contribution in [2.75, 3.05) is 49.1 Å². The molecule has 0 radical (unpaired) electrons. The Kier molecular flexibility index (Phi) is 5.23. The van der Waals surface area contributed by atoms with Crippen LogP contribution in [0.15, 0.2) is 42.7 Å². The van der Waals surface area contributed by atoms with Gasteiger partial charge in [0.2, 0.25) is 0 Å². The fraction of sp³-hybridized carbons (Fsp3) is 0.476. The fourth-order valence-electron chi connectivity index (χ4n) is 3.99. The molecule has 1 atom stereocenters. The molecule has 2 aromatic heterocycles. The molecular weight excluding hydrogens is 338 g/mol. The van der Waals surface area contributed by atoms with E-state index in [4.69, 9.17) is 0 Å². The largest absolute Gasteiger partial charge is 0.353 e. The van der Waals surface area contributed by atoms with Gasteiger partial charge in [0.15, 0.2) is 0 Å². The van der Waals surface area contributed by atoms with Crippen LogP contribution in [-0.4, -0.2) is 60.0 Å². The van der Waals surface area contributed by atoms with Gasteiger partial charge in [0.05, 0.1) is 0 Å². The topological polar surface area (TPSA) is 52.6 Å². The van der Waals surface area contributed by atoms with Gasteiger partial charge in [0.25, 0.3) is 5.91 Å². The second-order valence-corrected chi connectivity index (χ2v) is 7.56. The number of nitrogens with zero attached hydrogens (tertiary/aromatic N) is 5. The average Bonchev–Trinajstić information content (AvgIpc) is 2.74. The summed E-state index contributed by atoms with van der Waals surface area (Å²) >= 11 is 0. The van der Waals surface area contributed by atoms with Crippen molar-refractivity contribution in [3.63, 3.8) is 0 Å². The minimum atomic E-state index is 0.136. The number of hydrogen-bond acceptors (Lipinski definition) is 5. The SMILES string of the molecule is CC1CCCN(C(=O)c2ccnc(N3CCN(c4ccccn4)CC3)c2)C1. The highest BCUT2D eigenvalue weighted by atomic mass is 16.2. The van der Waals surface area contributed by atoms with Crippen molar-refractivity contribution in [1.29, 1.82) is 0 Å². The Bertz CT molecular complexity index is 773. The monoisotopic (exact) mass is 365 g/mol. The van der Waals surface area contributed by atoms with Gasteiger partial charge in [-0.1, -0.05) is 13.0 Å². The van der Waals surface area contributed by atoms with Crippen LogP contribution in [0.25, 0.3) is 0 Å². The van der Waals surface area contributed by atoms with E-state index in [2.05, 4.69) is 26.7 Å². The van der Waals surface area contributed by atoms with Gasteiger partial charge in [-0.25, -0.2) is 9.97 Å². The predicted molar refractivity (Wildman–Crippen MR) is 107 cm³/mol. The van der Waals surface area contributed by atoms with Crippen LogP contribution in [-0.2, 0) is 0 Å². The Labute approximate surface area is 160 Å². The van der Waals surface area contributed by atoms with E-state index in [1.54, 1.807) is 6.20 Å². The second kappa shape index (κ2) is 7.94. The normalized spacial score (nSPS) is 20.6. The first-order valence-corrected chi connectivity index (χ1v) is 9.87. The summed E-state index contributed by atoms with van der Waals surface area (Å²) in [4.78, 5) is 28.4. The van der Waals surface area contributed by atoms with Crippen LogP contribution in [0.1, 0.15) is 30.1 Å². The summed E-state index contributed by atoms with van der Waals surface area (Å²) in [5.41, 5.74) is 0.751. The van der Waals surface area contributed by atoms with E-state index in [9.17, 15) is 4.79 Å². The van der Waals surface area contributed by atoms with Crippen molar-refractivity contribution in [2.24, 2.45) is 5.92 Å².